The molecular weight excluding hydrogens is 554 g/mol. The average Bonchev–Trinajstić information content (AvgIpc) is 3.75. The number of carbonyl (C=O) groups is 2. The van der Waals surface area contributed by atoms with Crippen molar-refractivity contribution in [3.63, 3.8) is 0 Å². The van der Waals surface area contributed by atoms with Crippen molar-refractivity contribution in [1.29, 1.82) is 0 Å². The Morgan fingerprint density at radius 2 is 1.44 bits per heavy atom. The van der Waals surface area contributed by atoms with Crippen LogP contribution in [0.15, 0.2) is 115 Å². The van der Waals surface area contributed by atoms with E-state index in [4.69, 9.17) is 4.74 Å². The molecule has 6 aromatic rings. The molecule has 0 saturated heterocycles. The molecule has 2 aromatic heterocycles. The van der Waals surface area contributed by atoms with Gasteiger partial charge >= 0.3 is 5.97 Å². The number of thiophene rings is 1. The number of nitrogens with one attached hydrogen (secondary N) is 2. The number of H-pyrrole nitrogens is 1. The number of esters is 1. The first-order chi connectivity index (χ1) is 21.1. The first-order valence-corrected chi connectivity index (χ1v) is 15.4. The predicted molar refractivity (Wildman–Crippen MR) is 172 cm³/mol. The molecule has 2 N–H and O–H groups in total. The van der Waals surface area contributed by atoms with Gasteiger partial charge in [-0.15, -0.1) is 11.3 Å². The standard InChI is InChI=1S/C36H33N3O3S/c40-35(39-34(22-30-23-37-24-38-30)36(41)42-18-17-31-14-7-19-43-31)29(20-27-12-5-10-25-8-1-3-15-32(25)27)21-28-13-6-11-26-9-2-4-16-33(26)28/h1-16,19,23-24,29,34H,17-18,20-22H2,(H,37,38)(H,39,40). The minimum Gasteiger partial charge on any atom is -0.464 e. The number of hydrogen-bond acceptors (Lipinski definition) is 5. The molecule has 6 rings (SSSR count). The molecule has 216 valence electrons. The molecule has 1 amide bonds. The lowest BCUT2D eigenvalue weighted by molar-refractivity contribution is -0.148. The van der Waals surface area contributed by atoms with E-state index in [9.17, 15) is 9.59 Å². The van der Waals surface area contributed by atoms with Crippen LogP contribution >= 0.6 is 11.3 Å². The summed E-state index contributed by atoms with van der Waals surface area (Å²) in [6.07, 6.45) is 5.20. The van der Waals surface area contributed by atoms with E-state index in [1.165, 1.54) is 0 Å². The van der Waals surface area contributed by atoms with E-state index >= 15 is 0 Å². The highest BCUT2D eigenvalue weighted by Gasteiger charge is 2.28. The highest BCUT2D eigenvalue weighted by Crippen LogP contribution is 2.26. The van der Waals surface area contributed by atoms with Crippen molar-refractivity contribution >= 4 is 44.8 Å². The van der Waals surface area contributed by atoms with Crippen LogP contribution in [0.4, 0.5) is 0 Å². The number of aromatic nitrogens is 2. The van der Waals surface area contributed by atoms with Crippen molar-refractivity contribution in [2.24, 2.45) is 5.92 Å². The molecular formula is C36H33N3O3S. The molecule has 0 aliphatic rings. The van der Waals surface area contributed by atoms with Gasteiger partial charge in [0.15, 0.2) is 0 Å². The predicted octanol–water partition coefficient (Wildman–Crippen LogP) is 6.69. The van der Waals surface area contributed by atoms with Gasteiger partial charge in [0.05, 0.1) is 12.9 Å². The van der Waals surface area contributed by atoms with E-state index < -0.39 is 17.9 Å². The van der Waals surface area contributed by atoms with E-state index in [0.717, 1.165) is 43.2 Å². The summed E-state index contributed by atoms with van der Waals surface area (Å²) in [6, 6.07) is 32.1. The van der Waals surface area contributed by atoms with Crippen molar-refractivity contribution in [3.8, 4) is 0 Å². The Labute approximate surface area is 254 Å². The largest absolute Gasteiger partial charge is 0.464 e. The average molecular weight is 588 g/mol. The molecule has 0 bridgehead atoms. The number of fused-ring (bicyclic) bond motifs is 2. The lowest BCUT2D eigenvalue weighted by Gasteiger charge is -2.23. The molecule has 0 radical (unpaired) electrons. The summed E-state index contributed by atoms with van der Waals surface area (Å²) in [4.78, 5) is 35.8. The van der Waals surface area contributed by atoms with Crippen molar-refractivity contribution in [3.05, 3.63) is 137 Å². The second-order valence-corrected chi connectivity index (χ2v) is 11.8. The maximum Gasteiger partial charge on any atom is 0.329 e. The summed E-state index contributed by atoms with van der Waals surface area (Å²) in [5, 5.41) is 9.61. The van der Waals surface area contributed by atoms with Gasteiger partial charge in [0.1, 0.15) is 6.04 Å². The Kier molecular flexibility index (Phi) is 8.90. The number of nitrogens with zero attached hydrogens (tertiary/aromatic N) is 1. The summed E-state index contributed by atoms with van der Waals surface area (Å²) in [6.45, 7) is 0.254. The number of carbonyl (C=O) groups excluding carboxylic acids is 2. The topological polar surface area (TPSA) is 84.1 Å². The van der Waals surface area contributed by atoms with Crippen molar-refractivity contribution < 1.29 is 14.3 Å². The zero-order chi connectivity index (χ0) is 29.4. The van der Waals surface area contributed by atoms with Crippen LogP contribution < -0.4 is 5.32 Å². The van der Waals surface area contributed by atoms with Crippen LogP contribution in [0.5, 0.6) is 0 Å². The summed E-state index contributed by atoms with van der Waals surface area (Å²) in [7, 11) is 0. The van der Waals surface area contributed by atoms with Crippen molar-refractivity contribution in [2.75, 3.05) is 6.61 Å². The maximum absolute atomic E-state index is 14.2. The van der Waals surface area contributed by atoms with Gasteiger partial charge in [-0.25, -0.2) is 9.78 Å². The van der Waals surface area contributed by atoms with Crippen LogP contribution in [0.2, 0.25) is 0 Å². The van der Waals surface area contributed by atoms with Crippen molar-refractivity contribution in [2.45, 2.75) is 31.7 Å². The molecule has 0 aliphatic heterocycles. The van der Waals surface area contributed by atoms with Gasteiger partial charge in [-0.3, -0.25) is 4.79 Å². The van der Waals surface area contributed by atoms with Crippen molar-refractivity contribution in [1.82, 2.24) is 15.3 Å². The number of ether oxygens (including phenoxy) is 1. The van der Waals surface area contributed by atoms with E-state index in [2.05, 4.69) is 63.8 Å². The highest BCUT2D eigenvalue weighted by molar-refractivity contribution is 7.09. The smallest absolute Gasteiger partial charge is 0.329 e. The van der Waals surface area contributed by atoms with Gasteiger partial charge in [0.25, 0.3) is 0 Å². The lowest BCUT2D eigenvalue weighted by atomic mass is 9.87. The minimum absolute atomic E-state index is 0.180. The number of amides is 1. The second kappa shape index (κ2) is 13.5. The zero-order valence-electron chi connectivity index (χ0n) is 23.7. The fourth-order valence-electron chi connectivity index (χ4n) is 5.64. The Morgan fingerprint density at radius 1 is 0.791 bits per heavy atom. The van der Waals surface area contributed by atoms with Crippen LogP contribution in [0, 0.1) is 5.92 Å². The van der Waals surface area contributed by atoms with Gasteiger partial charge in [0, 0.05) is 35.5 Å². The van der Waals surface area contributed by atoms with Gasteiger partial charge in [0.2, 0.25) is 5.91 Å². The fraction of sp³-hybridized carbons (Fsp3) is 0.194. The van der Waals surface area contributed by atoms with Gasteiger partial charge in [-0.1, -0.05) is 91.0 Å². The van der Waals surface area contributed by atoms with Crippen LogP contribution in [0.3, 0.4) is 0 Å². The Bertz CT molecular complexity index is 1720. The van der Waals surface area contributed by atoms with Gasteiger partial charge in [-0.05, 0) is 57.0 Å². The number of hydrogen-bond donors (Lipinski definition) is 2. The Balaban J connectivity index is 1.27. The molecule has 0 fully saturated rings. The lowest BCUT2D eigenvalue weighted by Crippen LogP contribution is -2.46. The van der Waals surface area contributed by atoms with Crippen LogP contribution in [0.1, 0.15) is 21.7 Å². The maximum atomic E-state index is 14.2. The van der Waals surface area contributed by atoms with Crippen LogP contribution in [0.25, 0.3) is 21.5 Å². The van der Waals surface area contributed by atoms with E-state index in [1.54, 1.807) is 23.9 Å². The number of imidazole rings is 1. The summed E-state index contributed by atoms with van der Waals surface area (Å²) < 4.78 is 5.68. The van der Waals surface area contributed by atoms with E-state index in [-0.39, 0.29) is 18.9 Å². The summed E-state index contributed by atoms with van der Waals surface area (Å²) in [5.74, 6) is -1.05. The monoisotopic (exact) mass is 587 g/mol. The first-order valence-electron chi connectivity index (χ1n) is 14.5. The SMILES string of the molecule is O=C(NC(Cc1cnc[nH]1)C(=O)OCCc1cccs1)C(Cc1cccc2ccccc12)Cc1cccc2ccccc12. The third-order valence-corrected chi connectivity index (χ3v) is 8.75. The summed E-state index contributed by atoms with van der Waals surface area (Å²) in [5.41, 5.74) is 2.95. The second-order valence-electron chi connectivity index (χ2n) is 10.7. The Morgan fingerprint density at radius 3 is 2.05 bits per heavy atom. The van der Waals surface area contributed by atoms with E-state index in [1.807, 2.05) is 53.9 Å². The molecule has 6 nitrogen and oxygen atoms in total. The van der Waals surface area contributed by atoms with E-state index in [0.29, 0.717) is 19.3 Å². The Hall–Kier alpha value is -4.75. The first kappa shape index (κ1) is 28.4. The summed E-state index contributed by atoms with van der Waals surface area (Å²) >= 11 is 1.63. The molecule has 7 heteroatoms. The zero-order valence-corrected chi connectivity index (χ0v) is 24.6. The molecule has 0 aliphatic carbocycles. The van der Waals surface area contributed by atoms with Crippen LogP contribution in [-0.4, -0.2) is 34.5 Å². The molecule has 0 spiro atoms. The fourth-order valence-corrected chi connectivity index (χ4v) is 6.33. The van der Waals surface area contributed by atoms with Crippen LogP contribution in [-0.2, 0) is 40.0 Å². The quantitative estimate of drug-likeness (QED) is 0.156. The normalized spacial score (nSPS) is 12.0. The molecule has 1 unspecified atom stereocenters. The highest BCUT2D eigenvalue weighted by atomic mass is 32.1. The number of rotatable bonds is 12. The molecule has 4 aromatic carbocycles. The molecule has 1 atom stereocenters. The minimum atomic E-state index is -0.848. The third kappa shape index (κ3) is 7.01. The third-order valence-electron chi connectivity index (χ3n) is 7.82. The number of benzene rings is 4. The number of aromatic amines is 1. The molecule has 2 heterocycles. The van der Waals surface area contributed by atoms with Gasteiger partial charge in [-0.2, -0.15) is 0 Å². The molecule has 43 heavy (non-hydrogen) atoms. The molecule has 0 saturated carbocycles. The van der Waals surface area contributed by atoms with Gasteiger partial charge < -0.3 is 15.0 Å².